The van der Waals surface area contributed by atoms with Gasteiger partial charge in [0.2, 0.25) is 0 Å². The molecule has 0 atom stereocenters. The van der Waals surface area contributed by atoms with E-state index >= 15 is 0 Å². The van der Waals surface area contributed by atoms with Crippen LogP contribution in [0.5, 0.6) is 0 Å². The Bertz CT molecular complexity index is 712. The minimum absolute atomic E-state index is 0.343. The Kier molecular flexibility index (Phi) is 4.35. The van der Waals surface area contributed by atoms with E-state index in [0.717, 1.165) is 12.2 Å². The summed E-state index contributed by atoms with van der Waals surface area (Å²) in [6, 6.07) is 0. The van der Waals surface area contributed by atoms with Gasteiger partial charge in [-0.15, -0.1) is 0 Å². The van der Waals surface area contributed by atoms with Gasteiger partial charge in [-0.3, -0.25) is 14.3 Å². The molecular formula is C12H19N5O3. The largest absolute Gasteiger partial charge is 0.383 e. The summed E-state index contributed by atoms with van der Waals surface area (Å²) in [7, 11) is 3.32. The number of hydrogen-bond donors (Lipinski definition) is 2. The Hall–Kier alpha value is -1.93. The van der Waals surface area contributed by atoms with E-state index in [4.69, 9.17) is 10.5 Å². The third kappa shape index (κ3) is 2.52. The number of rotatable bonds is 6. The van der Waals surface area contributed by atoms with Gasteiger partial charge in [0.1, 0.15) is 5.82 Å². The van der Waals surface area contributed by atoms with Crippen molar-refractivity contribution in [1.82, 2.24) is 19.1 Å². The summed E-state index contributed by atoms with van der Waals surface area (Å²) in [6.45, 7) is 1.27. The molecule has 2 aromatic rings. The summed E-state index contributed by atoms with van der Waals surface area (Å²) in [5.74, 6) is 0.743. The Labute approximate surface area is 115 Å². The molecule has 0 aliphatic heterocycles. The van der Waals surface area contributed by atoms with E-state index in [1.54, 1.807) is 18.7 Å². The molecule has 2 rings (SSSR count). The first kappa shape index (κ1) is 14.5. The molecule has 3 N–H and O–H groups in total. The molecule has 0 bridgehead atoms. The van der Waals surface area contributed by atoms with Gasteiger partial charge in [-0.2, -0.15) is 0 Å². The number of fused-ring (bicyclic) bond motifs is 1. The molecule has 0 radical (unpaired) electrons. The summed E-state index contributed by atoms with van der Waals surface area (Å²) in [4.78, 5) is 30.6. The second-order valence-corrected chi connectivity index (χ2v) is 4.56. The summed E-state index contributed by atoms with van der Waals surface area (Å²) < 4.78 is 8.12. The van der Waals surface area contributed by atoms with E-state index in [1.165, 1.54) is 4.57 Å². The highest BCUT2D eigenvalue weighted by atomic mass is 16.5. The maximum atomic E-state index is 11.9. The highest BCUT2D eigenvalue weighted by molar-refractivity contribution is 5.70. The van der Waals surface area contributed by atoms with Gasteiger partial charge in [-0.1, -0.05) is 0 Å². The molecule has 8 heteroatoms. The van der Waals surface area contributed by atoms with E-state index in [2.05, 4.69) is 9.97 Å². The number of nitrogens with one attached hydrogen (secondary N) is 1. The van der Waals surface area contributed by atoms with Crippen molar-refractivity contribution in [2.45, 2.75) is 19.4 Å². The van der Waals surface area contributed by atoms with Crippen molar-refractivity contribution in [2.75, 3.05) is 20.3 Å². The molecule has 110 valence electrons. The molecule has 0 aliphatic rings. The Morgan fingerprint density at radius 2 is 2.15 bits per heavy atom. The third-order valence-corrected chi connectivity index (χ3v) is 3.23. The van der Waals surface area contributed by atoms with Crippen LogP contribution in [0.25, 0.3) is 11.2 Å². The zero-order chi connectivity index (χ0) is 14.7. The Balaban J connectivity index is 2.62. The molecule has 2 heterocycles. The molecule has 8 nitrogen and oxygen atoms in total. The van der Waals surface area contributed by atoms with Crippen molar-refractivity contribution in [3.63, 3.8) is 0 Å². The molecule has 0 unspecified atom stereocenters. The van der Waals surface area contributed by atoms with Crippen molar-refractivity contribution in [2.24, 2.45) is 12.8 Å². The van der Waals surface area contributed by atoms with Crippen LogP contribution in [0.4, 0.5) is 0 Å². The van der Waals surface area contributed by atoms with Crippen LogP contribution < -0.4 is 17.0 Å². The fourth-order valence-corrected chi connectivity index (χ4v) is 2.17. The van der Waals surface area contributed by atoms with E-state index in [0.29, 0.717) is 37.3 Å². The maximum absolute atomic E-state index is 11.9. The van der Waals surface area contributed by atoms with Crippen molar-refractivity contribution in [3.8, 4) is 0 Å². The lowest BCUT2D eigenvalue weighted by atomic mass is 10.3. The molecule has 0 fully saturated rings. The molecule has 0 saturated carbocycles. The predicted molar refractivity (Wildman–Crippen MR) is 74.8 cm³/mol. The lowest BCUT2D eigenvalue weighted by Gasteiger charge is -2.04. The summed E-state index contributed by atoms with van der Waals surface area (Å²) >= 11 is 0. The van der Waals surface area contributed by atoms with Crippen LogP contribution in [0.3, 0.4) is 0 Å². The van der Waals surface area contributed by atoms with Gasteiger partial charge in [0.25, 0.3) is 5.56 Å². The van der Waals surface area contributed by atoms with Gasteiger partial charge in [0, 0.05) is 20.6 Å². The number of nitrogens with zero attached hydrogens (tertiary/aromatic N) is 3. The summed E-state index contributed by atoms with van der Waals surface area (Å²) in [5, 5.41) is 0. The Morgan fingerprint density at radius 3 is 2.80 bits per heavy atom. The molecule has 0 saturated heterocycles. The predicted octanol–water partition coefficient (Wildman–Crippen LogP) is -1.04. The van der Waals surface area contributed by atoms with Crippen LogP contribution >= 0.6 is 0 Å². The van der Waals surface area contributed by atoms with Crippen molar-refractivity contribution >= 4 is 11.2 Å². The number of hydrogen-bond acceptors (Lipinski definition) is 5. The van der Waals surface area contributed by atoms with Crippen molar-refractivity contribution in [3.05, 3.63) is 26.7 Å². The first-order valence-corrected chi connectivity index (χ1v) is 6.47. The standard InChI is InChI=1S/C12H19N5O3/c1-16-8(4-3-5-13)14-10-9(16)11(18)15-12(19)17(10)6-7-20-2/h3-7,13H2,1-2H3,(H,15,18,19). The number of aromatic nitrogens is 4. The lowest BCUT2D eigenvalue weighted by molar-refractivity contribution is 0.187. The monoisotopic (exact) mass is 281 g/mol. The van der Waals surface area contributed by atoms with Gasteiger partial charge >= 0.3 is 5.69 Å². The zero-order valence-electron chi connectivity index (χ0n) is 11.7. The molecule has 0 aromatic carbocycles. The molecule has 0 aliphatic carbocycles. The topological polar surface area (TPSA) is 108 Å². The minimum atomic E-state index is -0.469. The number of aryl methyl sites for hydroxylation is 2. The first-order valence-electron chi connectivity index (χ1n) is 6.47. The average Bonchev–Trinajstić information content (AvgIpc) is 2.74. The van der Waals surface area contributed by atoms with Crippen LogP contribution in [0.1, 0.15) is 12.2 Å². The van der Waals surface area contributed by atoms with Gasteiger partial charge in [0.15, 0.2) is 11.2 Å². The molecule has 0 amide bonds. The lowest BCUT2D eigenvalue weighted by Crippen LogP contribution is -2.32. The summed E-state index contributed by atoms with van der Waals surface area (Å²) in [6.07, 6.45) is 1.44. The minimum Gasteiger partial charge on any atom is -0.383 e. The Morgan fingerprint density at radius 1 is 1.40 bits per heavy atom. The average molecular weight is 281 g/mol. The molecule has 2 aromatic heterocycles. The quantitative estimate of drug-likeness (QED) is 0.703. The van der Waals surface area contributed by atoms with Crippen LogP contribution in [0.15, 0.2) is 9.59 Å². The number of methoxy groups -OCH3 is 1. The van der Waals surface area contributed by atoms with Crippen molar-refractivity contribution < 1.29 is 4.74 Å². The highest BCUT2D eigenvalue weighted by Gasteiger charge is 2.15. The normalized spacial score (nSPS) is 11.3. The van der Waals surface area contributed by atoms with Crippen LogP contribution in [-0.2, 0) is 24.8 Å². The number of ether oxygens (including phenoxy) is 1. The van der Waals surface area contributed by atoms with E-state index < -0.39 is 11.2 Å². The zero-order valence-corrected chi connectivity index (χ0v) is 11.7. The molecule has 20 heavy (non-hydrogen) atoms. The highest BCUT2D eigenvalue weighted by Crippen LogP contribution is 2.10. The first-order chi connectivity index (χ1) is 9.60. The number of aromatic amines is 1. The van der Waals surface area contributed by atoms with Crippen LogP contribution in [-0.4, -0.2) is 39.4 Å². The number of nitrogens with two attached hydrogens (primary N) is 1. The number of imidazole rings is 1. The SMILES string of the molecule is COCCn1c(=O)[nH]c(=O)c2c1nc(CCCN)n2C. The molecular weight excluding hydrogens is 262 g/mol. The fraction of sp³-hybridized carbons (Fsp3) is 0.583. The summed E-state index contributed by atoms with van der Waals surface area (Å²) in [5.41, 5.74) is 5.39. The van der Waals surface area contributed by atoms with Crippen LogP contribution in [0.2, 0.25) is 0 Å². The van der Waals surface area contributed by atoms with Crippen LogP contribution in [0, 0.1) is 0 Å². The van der Waals surface area contributed by atoms with E-state index in [-0.39, 0.29) is 0 Å². The smallest absolute Gasteiger partial charge is 0.330 e. The molecule has 0 spiro atoms. The second kappa shape index (κ2) is 6.02. The second-order valence-electron chi connectivity index (χ2n) is 4.56. The fourth-order valence-electron chi connectivity index (χ4n) is 2.17. The van der Waals surface area contributed by atoms with E-state index in [9.17, 15) is 9.59 Å². The van der Waals surface area contributed by atoms with Crippen molar-refractivity contribution in [1.29, 1.82) is 0 Å². The van der Waals surface area contributed by atoms with Gasteiger partial charge in [-0.25, -0.2) is 9.78 Å². The maximum Gasteiger partial charge on any atom is 0.330 e. The van der Waals surface area contributed by atoms with Gasteiger partial charge in [0.05, 0.1) is 13.2 Å². The third-order valence-electron chi connectivity index (χ3n) is 3.23. The van der Waals surface area contributed by atoms with Gasteiger partial charge in [-0.05, 0) is 13.0 Å². The van der Waals surface area contributed by atoms with E-state index in [1.807, 2.05) is 0 Å². The number of H-pyrrole nitrogens is 1. The van der Waals surface area contributed by atoms with Gasteiger partial charge < -0.3 is 15.0 Å².